The molecular formula is C23H23ClN6O2S3. The number of hydrogen-bond donors (Lipinski definition) is 1. The van der Waals surface area contributed by atoms with Gasteiger partial charge < -0.3 is 14.8 Å². The summed E-state index contributed by atoms with van der Waals surface area (Å²) >= 11 is 10.6. The van der Waals surface area contributed by atoms with Crippen molar-refractivity contribution in [2.24, 2.45) is 4.99 Å². The predicted molar refractivity (Wildman–Crippen MR) is 145 cm³/mol. The molecule has 0 fully saturated rings. The van der Waals surface area contributed by atoms with Gasteiger partial charge in [0.25, 0.3) is 0 Å². The first kappa shape index (κ1) is 25.4. The van der Waals surface area contributed by atoms with E-state index in [4.69, 9.17) is 21.1 Å². The lowest BCUT2D eigenvalue weighted by Gasteiger charge is -2.10. The number of benzene rings is 2. The van der Waals surface area contributed by atoms with Gasteiger partial charge in [0.2, 0.25) is 10.3 Å². The Labute approximate surface area is 220 Å². The summed E-state index contributed by atoms with van der Waals surface area (Å²) in [5, 5.41) is 24.1. The van der Waals surface area contributed by atoms with Crippen LogP contribution in [0, 0.1) is 6.92 Å². The van der Waals surface area contributed by atoms with Gasteiger partial charge in [0.1, 0.15) is 21.5 Å². The molecule has 4 aromatic rings. The largest absolute Gasteiger partial charge is 0.473 e. The van der Waals surface area contributed by atoms with E-state index in [1.165, 1.54) is 34.6 Å². The van der Waals surface area contributed by atoms with E-state index in [2.05, 4.69) is 37.6 Å². The number of hydrogen-bond acceptors (Lipinski definition) is 11. The first-order valence-electron chi connectivity index (χ1n) is 10.7. The van der Waals surface area contributed by atoms with Gasteiger partial charge in [-0.25, -0.2) is 0 Å². The molecule has 0 saturated carbocycles. The molecule has 12 heteroatoms. The lowest BCUT2D eigenvalue weighted by molar-refractivity contribution is 0.346. The molecule has 0 spiro atoms. The molecule has 4 rings (SSSR count). The van der Waals surface area contributed by atoms with Crippen LogP contribution in [0.2, 0.25) is 5.02 Å². The van der Waals surface area contributed by atoms with Gasteiger partial charge in [-0.3, -0.25) is 0 Å². The summed E-state index contributed by atoms with van der Waals surface area (Å²) in [4.78, 5) is 4.25. The Morgan fingerprint density at radius 3 is 2.57 bits per heavy atom. The smallest absolute Gasteiger partial charge is 0.234 e. The van der Waals surface area contributed by atoms with E-state index in [-0.39, 0.29) is 5.25 Å². The van der Waals surface area contributed by atoms with E-state index in [0.717, 1.165) is 26.6 Å². The Balaban J connectivity index is 1.30. The summed E-state index contributed by atoms with van der Waals surface area (Å²) in [5.41, 5.74) is 1.19. The van der Waals surface area contributed by atoms with E-state index < -0.39 is 0 Å². The summed E-state index contributed by atoms with van der Waals surface area (Å²) in [5.74, 6) is 2.40. The van der Waals surface area contributed by atoms with Crippen molar-refractivity contribution in [2.45, 2.75) is 25.5 Å². The maximum atomic E-state index is 5.88. The summed E-state index contributed by atoms with van der Waals surface area (Å²) in [6, 6.07) is 15.0. The average Bonchev–Trinajstić information content (AvgIpc) is 3.51. The van der Waals surface area contributed by atoms with Crippen LogP contribution in [-0.2, 0) is 6.42 Å². The monoisotopic (exact) mass is 546 g/mol. The van der Waals surface area contributed by atoms with Crippen molar-refractivity contribution in [3.05, 3.63) is 69.1 Å². The number of aliphatic imine (C=N–C) groups is 1. The molecule has 2 aromatic heterocycles. The number of aryl methyl sites for hydroxylation is 1. The summed E-state index contributed by atoms with van der Waals surface area (Å²) in [6.07, 6.45) is 2.05. The second kappa shape index (κ2) is 12.8. The van der Waals surface area contributed by atoms with Crippen LogP contribution < -0.4 is 14.8 Å². The van der Waals surface area contributed by atoms with E-state index in [0.29, 0.717) is 29.1 Å². The number of nitrogens with zero attached hydrogens (tertiary/aromatic N) is 5. The van der Waals surface area contributed by atoms with Crippen LogP contribution in [0.1, 0.15) is 27.8 Å². The highest BCUT2D eigenvalue weighted by atomic mass is 35.5. The molecule has 1 unspecified atom stereocenters. The van der Waals surface area contributed by atoms with Crippen LogP contribution in [0.25, 0.3) is 0 Å². The van der Waals surface area contributed by atoms with Crippen molar-refractivity contribution in [1.29, 1.82) is 0 Å². The molecule has 182 valence electrons. The Kier molecular flexibility index (Phi) is 9.29. The number of anilines is 1. The second-order valence-electron chi connectivity index (χ2n) is 7.16. The lowest BCUT2D eigenvalue weighted by atomic mass is 10.2. The predicted octanol–water partition coefficient (Wildman–Crippen LogP) is 6.58. The highest BCUT2D eigenvalue weighted by Gasteiger charge is 2.20. The van der Waals surface area contributed by atoms with Gasteiger partial charge in [0.15, 0.2) is 13.1 Å². The number of rotatable bonds is 12. The third kappa shape index (κ3) is 7.89. The molecule has 8 nitrogen and oxygen atoms in total. The van der Waals surface area contributed by atoms with Gasteiger partial charge in [-0.1, -0.05) is 58.9 Å². The molecule has 0 amide bonds. The maximum Gasteiger partial charge on any atom is 0.234 e. The Bertz CT molecular complexity index is 1230. The van der Waals surface area contributed by atoms with Gasteiger partial charge in [0.05, 0.1) is 5.25 Å². The van der Waals surface area contributed by atoms with E-state index in [1.54, 1.807) is 36.0 Å². The molecule has 2 aromatic carbocycles. The van der Waals surface area contributed by atoms with Crippen molar-refractivity contribution in [2.75, 3.05) is 17.8 Å². The lowest BCUT2D eigenvalue weighted by Crippen LogP contribution is -2.08. The fraction of sp³-hybridized carbons (Fsp3) is 0.261. The molecule has 0 aliphatic heterocycles. The van der Waals surface area contributed by atoms with Crippen molar-refractivity contribution < 1.29 is 9.47 Å². The van der Waals surface area contributed by atoms with Crippen LogP contribution >= 0.6 is 46.0 Å². The summed E-state index contributed by atoms with van der Waals surface area (Å²) in [6.45, 7) is 4.49. The van der Waals surface area contributed by atoms with Crippen LogP contribution in [0.3, 0.4) is 0 Å². The van der Waals surface area contributed by atoms with Crippen molar-refractivity contribution >= 4 is 62.7 Å². The average molecular weight is 547 g/mol. The molecule has 0 bridgehead atoms. The SMILES string of the molecule is CCSC(Cc1nnc(N=COc2ccc(Cl)cc2)s1)c1nnc(NCOc2ccc(C)cc2)s1. The molecule has 35 heavy (non-hydrogen) atoms. The highest BCUT2D eigenvalue weighted by Crippen LogP contribution is 2.36. The normalized spacial score (nSPS) is 12.1. The third-order valence-electron chi connectivity index (χ3n) is 4.55. The fourth-order valence-corrected chi connectivity index (χ4v) is 5.73. The van der Waals surface area contributed by atoms with Crippen LogP contribution in [-0.4, -0.2) is 39.3 Å². The number of thioether (sulfide) groups is 1. The first-order valence-corrected chi connectivity index (χ1v) is 13.8. The number of nitrogens with one attached hydrogen (secondary N) is 1. The number of halogens is 1. The molecular weight excluding hydrogens is 524 g/mol. The van der Waals surface area contributed by atoms with Crippen LogP contribution in [0.4, 0.5) is 10.3 Å². The summed E-state index contributed by atoms with van der Waals surface area (Å²) in [7, 11) is 0. The Hall–Kier alpha value is -2.73. The molecule has 0 radical (unpaired) electrons. The van der Waals surface area contributed by atoms with Crippen molar-refractivity contribution in [1.82, 2.24) is 20.4 Å². The molecule has 0 aliphatic rings. The van der Waals surface area contributed by atoms with E-state index in [9.17, 15) is 0 Å². The molecule has 2 heterocycles. The van der Waals surface area contributed by atoms with Gasteiger partial charge in [-0.05, 0) is 49.1 Å². The first-order chi connectivity index (χ1) is 17.1. The molecule has 1 N–H and O–H groups in total. The number of ether oxygens (including phenoxy) is 2. The molecule has 0 saturated heterocycles. The topological polar surface area (TPSA) is 94.4 Å². The Morgan fingerprint density at radius 2 is 1.80 bits per heavy atom. The van der Waals surface area contributed by atoms with Crippen LogP contribution in [0.15, 0.2) is 53.5 Å². The number of aromatic nitrogens is 4. The zero-order valence-corrected chi connectivity index (χ0v) is 22.3. The third-order valence-corrected chi connectivity index (χ3v) is 7.92. The minimum Gasteiger partial charge on any atom is -0.473 e. The minimum atomic E-state index is 0.126. The fourth-order valence-electron chi connectivity index (χ4n) is 2.85. The molecule has 0 aliphatic carbocycles. The van der Waals surface area contributed by atoms with E-state index >= 15 is 0 Å². The zero-order chi connectivity index (χ0) is 24.5. The summed E-state index contributed by atoms with van der Waals surface area (Å²) < 4.78 is 11.2. The maximum absolute atomic E-state index is 5.88. The second-order valence-corrected chi connectivity index (χ2v) is 11.1. The van der Waals surface area contributed by atoms with Crippen molar-refractivity contribution in [3.8, 4) is 11.5 Å². The minimum absolute atomic E-state index is 0.126. The van der Waals surface area contributed by atoms with Gasteiger partial charge >= 0.3 is 0 Å². The quantitative estimate of drug-likeness (QED) is 0.121. The van der Waals surface area contributed by atoms with Gasteiger partial charge in [-0.2, -0.15) is 16.8 Å². The van der Waals surface area contributed by atoms with Gasteiger partial charge in [-0.15, -0.1) is 20.4 Å². The van der Waals surface area contributed by atoms with Crippen LogP contribution in [0.5, 0.6) is 11.5 Å². The van der Waals surface area contributed by atoms with E-state index in [1.807, 2.05) is 31.2 Å². The van der Waals surface area contributed by atoms with Gasteiger partial charge in [0, 0.05) is 11.4 Å². The standard InChI is InChI=1S/C23H23ClN6O2S3/c1-3-33-19(21-28-30-23(35-21)26-14-31-17-8-4-15(2)5-9-17)12-20-27-29-22(34-20)25-13-32-18-10-6-16(24)7-11-18/h4-11,13,19H,3,12,14H2,1-2H3,(H,26,30). The zero-order valence-electron chi connectivity index (χ0n) is 19.1. The van der Waals surface area contributed by atoms with Crippen molar-refractivity contribution in [3.63, 3.8) is 0 Å². The molecule has 1 atom stereocenters. The Morgan fingerprint density at radius 1 is 1.03 bits per heavy atom. The highest BCUT2D eigenvalue weighted by molar-refractivity contribution is 7.99.